The van der Waals surface area contributed by atoms with Gasteiger partial charge in [-0.3, -0.25) is 5.32 Å². The predicted molar refractivity (Wildman–Crippen MR) is 95.7 cm³/mol. The molecule has 0 spiro atoms. The third-order valence-electron chi connectivity index (χ3n) is 4.81. The van der Waals surface area contributed by atoms with E-state index >= 15 is 0 Å². The molecule has 1 atom stereocenters. The van der Waals surface area contributed by atoms with Gasteiger partial charge in [0.25, 0.3) is 0 Å². The molecule has 1 aliphatic rings. The lowest BCUT2D eigenvalue weighted by atomic mass is 9.98. The highest BCUT2D eigenvalue weighted by atomic mass is 16.5. The first-order valence-corrected chi connectivity index (χ1v) is 8.70. The number of nitrogens with one attached hydrogen (secondary N) is 1. The monoisotopic (exact) mass is 309 g/mol. The van der Waals surface area contributed by atoms with Crippen molar-refractivity contribution in [2.75, 3.05) is 7.05 Å². The summed E-state index contributed by atoms with van der Waals surface area (Å²) in [5.74, 6) is 1.61. The van der Waals surface area contributed by atoms with Crippen molar-refractivity contribution in [2.24, 2.45) is 5.92 Å². The fraction of sp³-hybridized carbons (Fsp3) is 0.429. The zero-order chi connectivity index (χ0) is 16.1. The van der Waals surface area contributed by atoms with E-state index in [1.807, 2.05) is 7.05 Å². The highest BCUT2D eigenvalue weighted by Crippen LogP contribution is 2.43. The van der Waals surface area contributed by atoms with Crippen molar-refractivity contribution in [3.8, 4) is 5.75 Å². The van der Waals surface area contributed by atoms with Crippen molar-refractivity contribution >= 4 is 0 Å². The van der Waals surface area contributed by atoms with Crippen LogP contribution in [0.5, 0.6) is 5.75 Å². The second-order valence-electron chi connectivity index (χ2n) is 6.67. The van der Waals surface area contributed by atoms with Crippen LogP contribution < -0.4 is 10.1 Å². The minimum Gasteiger partial charge on any atom is -0.473 e. The summed E-state index contributed by atoms with van der Waals surface area (Å²) in [5.41, 5.74) is 2.43. The summed E-state index contributed by atoms with van der Waals surface area (Å²) in [6, 6.07) is 19.1. The molecule has 1 N–H and O–H groups in total. The van der Waals surface area contributed by atoms with Crippen LogP contribution >= 0.6 is 0 Å². The first-order valence-electron chi connectivity index (χ1n) is 8.70. The highest BCUT2D eigenvalue weighted by molar-refractivity contribution is 5.28. The molecule has 3 rings (SSSR count). The molecule has 122 valence electrons. The van der Waals surface area contributed by atoms with Gasteiger partial charge in [0.2, 0.25) is 0 Å². The molecule has 1 saturated carbocycles. The van der Waals surface area contributed by atoms with Gasteiger partial charge in [0, 0.05) is 12.3 Å². The Morgan fingerprint density at radius 3 is 2.52 bits per heavy atom. The Labute approximate surface area is 139 Å². The van der Waals surface area contributed by atoms with Crippen molar-refractivity contribution in [1.82, 2.24) is 5.32 Å². The molecule has 0 heterocycles. The summed E-state index contributed by atoms with van der Waals surface area (Å²) >= 11 is 0. The van der Waals surface area contributed by atoms with E-state index in [9.17, 15) is 0 Å². The number of ether oxygens (including phenoxy) is 1. The molecular weight excluding hydrogens is 282 g/mol. The summed E-state index contributed by atoms with van der Waals surface area (Å²) < 4.78 is 6.48. The Morgan fingerprint density at radius 2 is 1.87 bits per heavy atom. The van der Waals surface area contributed by atoms with Gasteiger partial charge in [-0.1, -0.05) is 42.5 Å². The number of hydrogen-bond acceptors (Lipinski definition) is 2. The van der Waals surface area contributed by atoms with Crippen LogP contribution in [0.1, 0.15) is 36.8 Å². The standard InChI is InChI=1S/C21H27NO/c1-17-8-6-12-20(16-17)23-21(22-2,19-13-14-19)15-7-11-18-9-4-3-5-10-18/h3-6,8-10,12,16,19,22H,7,11,13-15H2,1-2H3. The zero-order valence-corrected chi connectivity index (χ0v) is 14.2. The quantitative estimate of drug-likeness (QED) is 0.712. The second-order valence-corrected chi connectivity index (χ2v) is 6.67. The predicted octanol–water partition coefficient (Wildman–Crippen LogP) is 4.72. The van der Waals surface area contributed by atoms with Crippen LogP contribution in [0.3, 0.4) is 0 Å². The van der Waals surface area contributed by atoms with E-state index in [4.69, 9.17) is 4.74 Å². The van der Waals surface area contributed by atoms with Gasteiger partial charge in [-0.25, -0.2) is 0 Å². The van der Waals surface area contributed by atoms with Crippen LogP contribution in [-0.4, -0.2) is 12.8 Å². The van der Waals surface area contributed by atoms with E-state index in [0.29, 0.717) is 5.92 Å². The van der Waals surface area contributed by atoms with E-state index in [0.717, 1.165) is 25.0 Å². The molecule has 0 saturated heterocycles. The van der Waals surface area contributed by atoms with Gasteiger partial charge in [0.05, 0.1) is 0 Å². The normalized spacial score (nSPS) is 16.8. The Balaban J connectivity index is 1.67. The lowest BCUT2D eigenvalue weighted by Gasteiger charge is -2.35. The van der Waals surface area contributed by atoms with Crippen LogP contribution in [0.2, 0.25) is 0 Å². The molecule has 23 heavy (non-hydrogen) atoms. The smallest absolute Gasteiger partial charge is 0.163 e. The third kappa shape index (κ3) is 4.14. The van der Waals surface area contributed by atoms with Crippen LogP contribution in [0.4, 0.5) is 0 Å². The van der Waals surface area contributed by atoms with E-state index in [-0.39, 0.29) is 5.72 Å². The van der Waals surface area contributed by atoms with Gasteiger partial charge in [0.1, 0.15) is 5.75 Å². The zero-order valence-electron chi connectivity index (χ0n) is 14.2. The van der Waals surface area contributed by atoms with E-state index in [1.165, 1.54) is 24.0 Å². The average Bonchev–Trinajstić information content (AvgIpc) is 3.40. The first kappa shape index (κ1) is 16.1. The molecule has 2 aromatic carbocycles. The minimum absolute atomic E-state index is 0.220. The van der Waals surface area contributed by atoms with Crippen molar-refractivity contribution in [3.63, 3.8) is 0 Å². The van der Waals surface area contributed by atoms with E-state index in [1.54, 1.807) is 0 Å². The molecule has 2 nitrogen and oxygen atoms in total. The lowest BCUT2D eigenvalue weighted by molar-refractivity contribution is 0.00750. The third-order valence-corrected chi connectivity index (χ3v) is 4.81. The molecule has 0 bridgehead atoms. The molecule has 0 amide bonds. The maximum absolute atomic E-state index is 6.48. The molecule has 2 heteroatoms. The number of aryl methyl sites for hydroxylation is 2. The Morgan fingerprint density at radius 1 is 1.09 bits per heavy atom. The van der Waals surface area contributed by atoms with Crippen molar-refractivity contribution < 1.29 is 4.74 Å². The summed E-state index contributed by atoms with van der Waals surface area (Å²) in [6.45, 7) is 2.11. The first-order chi connectivity index (χ1) is 11.2. The van der Waals surface area contributed by atoms with Gasteiger partial charge in [-0.2, -0.15) is 0 Å². The van der Waals surface area contributed by atoms with Crippen LogP contribution in [0, 0.1) is 12.8 Å². The van der Waals surface area contributed by atoms with Gasteiger partial charge < -0.3 is 4.74 Å². The number of rotatable bonds is 8. The lowest BCUT2D eigenvalue weighted by Crippen LogP contribution is -2.50. The van der Waals surface area contributed by atoms with Crippen molar-refractivity contribution in [2.45, 2.75) is 44.8 Å². The topological polar surface area (TPSA) is 21.3 Å². The summed E-state index contributed by atoms with van der Waals surface area (Å²) in [6.07, 6.45) is 5.80. The number of benzene rings is 2. The van der Waals surface area contributed by atoms with Gasteiger partial charge in [-0.05, 0) is 62.9 Å². The van der Waals surface area contributed by atoms with E-state index < -0.39 is 0 Å². The molecule has 1 unspecified atom stereocenters. The van der Waals surface area contributed by atoms with Gasteiger partial charge in [-0.15, -0.1) is 0 Å². The maximum Gasteiger partial charge on any atom is 0.163 e. The maximum atomic E-state index is 6.48. The largest absolute Gasteiger partial charge is 0.473 e. The molecule has 0 aliphatic heterocycles. The Bertz CT molecular complexity index is 621. The van der Waals surface area contributed by atoms with Crippen LogP contribution in [0.15, 0.2) is 54.6 Å². The van der Waals surface area contributed by atoms with Crippen molar-refractivity contribution in [3.05, 3.63) is 65.7 Å². The SMILES string of the molecule is CNC(CCCc1ccccc1)(Oc1cccc(C)c1)C1CC1. The summed E-state index contributed by atoms with van der Waals surface area (Å²) in [4.78, 5) is 0. The van der Waals surface area contributed by atoms with Crippen LogP contribution in [0.25, 0.3) is 0 Å². The molecule has 1 fully saturated rings. The molecule has 2 aromatic rings. The summed E-state index contributed by atoms with van der Waals surface area (Å²) in [5, 5.41) is 3.51. The second kappa shape index (κ2) is 7.18. The van der Waals surface area contributed by atoms with Crippen LogP contribution in [-0.2, 0) is 6.42 Å². The Hall–Kier alpha value is -1.80. The minimum atomic E-state index is -0.220. The highest BCUT2D eigenvalue weighted by Gasteiger charge is 2.46. The van der Waals surface area contributed by atoms with Crippen molar-refractivity contribution in [1.29, 1.82) is 0 Å². The summed E-state index contributed by atoms with van der Waals surface area (Å²) in [7, 11) is 2.04. The Kier molecular flexibility index (Phi) is 5.02. The molecule has 0 aromatic heterocycles. The van der Waals surface area contributed by atoms with E-state index in [2.05, 4.69) is 66.8 Å². The fourth-order valence-electron chi connectivity index (χ4n) is 3.36. The fourth-order valence-corrected chi connectivity index (χ4v) is 3.36. The van der Waals surface area contributed by atoms with Gasteiger partial charge >= 0.3 is 0 Å². The number of hydrogen-bond donors (Lipinski definition) is 1. The average molecular weight is 309 g/mol. The molecular formula is C21H27NO. The molecule has 1 aliphatic carbocycles. The molecule has 0 radical (unpaired) electrons. The van der Waals surface area contributed by atoms with Gasteiger partial charge in [0.15, 0.2) is 5.72 Å².